The van der Waals surface area contributed by atoms with E-state index in [1.165, 1.54) is 6.92 Å². The Morgan fingerprint density at radius 2 is 2.07 bits per heavy atom. The predicted octanol–water partition coefficient (Wildman–Crippen LogP) is 1.24. The molecule has 1 aliphatic heterocycles. The first kappa shape index (κ1) is 11.2. The Morgan fingerprint density at radius 3 is 2.64 bits per heavy atom. The smallest absolute Gasteiger partial charge is 0.310 e. The first-order valence-electron chi connectivity index (χ1n) is 4.87. The van der Waals surface area contributed by atoms with Gasteiger partial charge in [0.1, 0.15) is 5.78 Å². The van der Waals surface area contributed by atoms with Gasteiger partial charge in [0.05, 0.1) is 5.41 Å². The van der Waals surface area contributed by atoms with Crippen LogP contribution in [0.1, 0.15) is 32.6 Å². The van der Waals surface area contributed by atoms with Crippen molar-refractivity contribution in [2.45, 2.75) is 32.6 Å². The lowest BCUT2D eigenvalue weighted by molar-refractivity contribution is -0.152. The van der Waals surface area contributed by atoms with Crippen molar-refractivity contribution in [2.24, 2.45) is 5.41 Å². The lowest BCUT2D eigenvalue weighted by atomic mass is 9.77. The zero-order chi connectivity index (χ0) is 10.6. The number of carbonyl (C=O) groups is 2. The van der Waals surface area contributed by atoms with Crippen LogP contribution >= 0.6 is 0 Å². The molecule has 4 heteroatoms. The largest absolute Gasteiger partial charge is 0.481 e. The number of carboxylic acid groups (broad SMARTS) is 1. The summed E-state index contributed by atoms with van der Waals surface area (Å²) in [5, 5.41) is 9.15. The maximum atomic E-state index is 11.2. The second kappa shape index (κ2) is 4.55. The Kier molecular flexibility index (Phi) is 3.63. The van der Waals surface area contributed by atoms with Crippen LogP contribution in [-0.4, -0.2) is 30.1 Å². The van der Waals surface area contributed by atoms with E-state index < -0.39 is 11.4 Å². The molecule has 1 unspecified atom stereocenters. The van der Waals surface area contributed by atoms with Crippen molar-refractivity contribution in [3.8, 4) is 0 Å². The third kappa shape index (κ3) is 2.54. The summed E-state index contributed by atoms with van der Waals surface area (Å²) in [4.78, 5) is 22.2. The van der Waals surface area contributed by atoms with Gasteiger partial charge in [-0.1, -0.05) is 0 Å². The van der Waals surface area contributed by atoms with E-state index in [9.17, 15) is 9.59 Å². The Bertz CT molecular complexity index is 226. The molecule has 14 heavy (non-hydrogen) atoms. The second-order valence-electron chi connectivity index (χ2n) is 3.93. The molecule has 0 bridgehead atoms. The highest BCUT2D eigenvalue weighted by Crippen LogP contribution is 2.34. The molecule has 80 valence electrons. The molecule has 1 heterocycles. The van der Waals surface area contributed by atoms with Gasteiger partial charge in [-0.25, -0.2) is 0 Å². The van der Waals surface area contributed by atoms with Crippen LogP contribution in [0.4, 0.5) is 0 Å². The average Bonchev–Trinajstić information content (AvgIpc) is 2.29. The van der Waals surface area contributed by atoms with E-state index in [0.29, 0.717) is 26.1 Å². The summed E-state index contributed by atoms with van der Waals surface area (Å²) in [6.45, 7) is 2.49. The van der Waals surface area contributed by atoms with Gasteiger partial charge in [0, 0.05) is 19.6 Å². The Balaban J connectivity index is 2.77. The van der Waals surface area contributed by atoms with Crippen molar-refractivity contribution in [2.75, 3.05) is 13.2 Å². The van der Waals surface area contributed by atoms with Crippen LogP contribution in [-0.2, 0) is 14.3 Å². The monoisotopic (exact) mass is 200 g/mol. The summed E-state index contributed by atoms with van der Waals surface area (Å²) in [6, 6.07) is 0. The first-order chi connectivity index (χ1) is 6.57. The van der Waals surface area contributed by atoms with Crippen molar-refractivity contribution in [1.29, 1.82) is 0 Å². The minimum atomic E-state index is -0.873. The molecular formula is C10H16O4. The molecule has 0 radical (unpaired) electrons. The van der Waals surface area contributed by atoms with Gasteiger partial charge < -0.3 is 9.84 Å². The van der Waals surface area contributed by atoms with Gasteiger partial charge in [0.2, 0.25) is 0 Å². The number of carboxylic acids is 1. The van der Waals surface area contributed by atoms with Crippen molar-refractivity contribution >= 4 is 11.8 Å². The Morgan fingerprint density at radius 1 is 1.36 bits per heavy atom. The van der Waals surface area contributed by atoms with Crippen molar-refractivity contribution < 1.29 is 19.4 Å². The molecule has 1 rings (SSSR count). The molecule has 0 aromatic heterocycles. The molecule has 0 aromatic rings. The van der Waals surface area contributed by atoms with Crippen LogP contribution in [0.3, 0.4) is 0 Å². The summed E-state index contributed by atoms with van der Waals surface area (Å²) in [6.07, 6.45) is 1.84. The number of ether oxygens (including phenoxy) is 1. The third-order valence-electron chi connectivity index (χ3n) is 2.71. The molecule has 1 saturated heterocycles. The number of aliphatic carboxylic acids is 1. The normalized spacial score (nSPS) is 28.1. The summed E-state index contributed by atoms with van der Waals surface area (Å²) in [5.41, 5.74) is -0.873. The fourth-order valence-corrected chi connectivity index (χ4v) is 1.95. The number of rotatable bonds is 3. The molecule has 1 fully saturated rings. The van der Waals surface area contributed by atoms with Crippen molar-refractivity contribution in [3.05, 3.63) is 0 Å². The van der Waals surface area contributed by atoms with Crippen LogP contribution in [0, 0.1) is 5.41 Å². The third-order valence-corrected chi connectivity index (χ3v) is 2.71. The van der Waals surface area contributed by atoms with Crippen LogP contribution in [0.15, 0.2) is 0 Å². The molecule has 1 N–H and O–H groups in total. The first-order valence-corrected chi connectivity index (χ1v) is 4.87. The van der Waals surface area contributed by atoms with Gasteiger partial charge in [-0.05, 0) is 26.2 Å². The highest BCUT2D eigenvalue weighted by Gasteiger charge is 2.39. The van der Waals surface area contributed by atoms with Gasteiger partial charge in [-0.3, -0.25) is 9.59 Å². The molecule has 0 amide bonds. The van der Waals surface area contributed by atoms with E-state index in [-0.39, 0.29) is 12.2 Å². The van der Waals surface area contributed by atoms with Crippen LogP contribution in [0.2, 0.25) is 0 Å². The second-order valence-corrected chi connectivity index (χ2v) is 3.93. The summed E-state index contributed by atoms with van der Waals surface area (Å²) < 4.78 is 5.21. The fraction of sp³-hybridized carbons (Fsp3) is 0.800. The number of carbonyl (C=O) groups excluding carboxylic acids is 1. The molecule has 1 aliphatic rings. The minimum absolute atomic E-state index is 0.0608. The molecule has 1 atom stereocenters. The minimum Gasteiger partial charge on any atom is -0.481 e. The van der Waals surface area contributed by atoms with Gasteiger partial charge in [-0.2, -0.15) is 0 Å². The number of Topliss-reactive ketones (excluding diaryl/α,β-unsaturated/α-hetero) is 1. The highest BCUT2D eigenvalue weighted by atomic mass is 16.5. The van der Waals surface area contributed by atoms with E-state index in [2.05, 4.69) is 0 Å². The molecule has 0 saturated carbocycles. The van der Waals surface area contributed by atoms with E-state index in [4.69, 9.17) is 9.84 Å². The van der Waals surface area contributed by atoms with Gasteiger partial charge >= 0.3 is 5.97 Å². The summed E-state index contributed by atoms with van der Waals surface area (Å²) in [5.74, 6) is -0.924. The Hall–Kier alpha value is -0.900. The topological polar surface area (TPSA) is 63.6 Å². The lowest BCUT2D eigenvalue weighted by Gasteiger charge is -2.25. The fourth-order valence-electron chi connectivity index (χ4n) is 1.95. The highest BCUT2D eigenvalue weighted by molar-refractivity contribution is 5.84. The summed E-state index contributed by atoms with van der Waals surface area (Å²) >= 11 is 0. The van der Waals surface area contributed by atoms with Gasteiger partial charge in [0.15, 0.2) is 0 Å². The number of ketones is 1. The quantitative estimate of drug-likeness (QED) is 0.744. The van der Waals surface area contributed by atoms with Crippen LogP contribution in [0.25, 0.3) is 0 Å². The van der Waals surface area contributed by atoms with Crippen LogP contribution < -0.4 is 0 Å². The zero-order valence-electron chi connectivity index (χ0n) is 8.41. The Labute approximate surface area is 83.2 Å². The van der Waals surface area contributed by atoms with Crippen molar-refractivity contribution in [3.63, 3.8) is 0 Å². The van der Waals surface area contributed by atoms with Crippen LogP contribution in [0.5, 0.6) is 0 Å². The average molecular weight is 200 g/mol. The number of hydrogen-bond acceptors (Lipinski definition) is 3. The lowest BCUT2D eigenvalue weighted by Crippen LogP contribution is -2.33. The van der Waals surface area contributed by atoms with Gasteiger partial charge in [-0.15, -0.1) is 0 Å². The SMILES string of the molecule is CC(=O)CC1(C(=O)O)CCCOCC1. The number of hydrogen-bond donors (Lipinski definition) is 1. The zero-order valence-corrected chi connectivity index (χ0v) is 8.41. The maximum absolute atomic E-state index is 11.2. The molecule has 0 aliphatic carbocycles. The van der Waals surface area contributed by atoms with E-state index in [0.717, 1.165) is 6.42 Å². The summed E-state index contributed by atoms with van der Waals surface area (Å²) in [7, 11) is 0. The van der Waals surface area contributed by atoms with Crippen molar-refractivity contribution in [1.82, 2.24) is 0 Å². The predicted molar refractivity (Wildman–Crippen MR) is 50.0 cm³/mol. The van der Waals surface area contributed by atoms with Gasteiger partial charge in [0.25, 0.3) is 0 Å². The van der Waals surface area contributed by atoms with E-state index >= 15 is 0 Å². The molecule has 4 nitrogen and oxygen atoms in total. The maximum Gasteiger partial charge on any atom is 0.310 e. The molecular weight excluding hydrogens is 184 g/mol. The van der Waals surface area contributed by atoms with E-state index in [1.807, 2.05) is 0 Å². The standard InChI is InChI=1S/C10H16O4/c1-8(11)7-10(9(12)13)3-2-5-14-6-4-10/h2-7H2,1H3,(H,12,13). The molecule has 0 aromatic carbocycles. The van der Waals surface area contributed by atoms with E-state index in [1.54, 1.807) is 0 Å². The molecule has 0 spiro atoms.